The summed E-state index contributed by atoms with van der Waals surface area (Å²) in [6, 6.07) is 14.6. The Morgan fingerprint density at radius 2 is 1.88 bits per heavy atom. The van der Waals surface area contributed by atoms with Crippen molar-refractivity contribution >= 4 is 45.4 Å². The molecule has 34 heavy (non-hydrogen) atoms. The number of allylic oxidation sites excluding steroid dienone is 2. The van der Waals surface area contributed by atoms with Crippen LogP contribution in [0.3, 0.4) is 0 Å². The first-order chi connectivity index (χ1) is 16.4. The topological polar surface area (TPSA) is 69.9 Å². The maximum absolute atomic E-state index is 13.5. The molecule has 0 fully saturated rings. The van der Waals surface area contributed by atoms with Gasteiger partial charge in [-0.05, 0) is 55.3 Å². The molecule has 0 radical (unpaired) electrons. The molecule has 3 aromatic rings. The highest BCUT2D eigenvalue weighted by atomic mass is 79.9. The van der Waals surface area contributed by atoms with Crippen LogP contribution in [0.5, 0.6) is 5.75 Å². The van der Waals surface area contributed by atoms with Gasteiger partial charge in [-0.25, -0.2) is 9.79 Å². The molecule has 0 bridgehead atoms. The molecule has 1 aliphatic heterocycles. The summed E-state index contributed by atoms with van der Waals surface area (Å²) in [5.74, 6) is 0.210. The van der Waals surface area contributed by atoms with Crippen LogP contribution in [-0.4, -0.2) is 24.3 Å². The Balaban J connectivity index is 1.83. The van der Waals surface area contributed by atoms with Gasteiger partial charge in [-0.2, -0.15) is 0 Å². The third kappa shape index (κ3) is 4.83. The maximum atomic E-state index is 13.5. The molecule has 1 aliphatic rings. The van der Waals surface area contributed by atoms with Crippen LogP contribution in [0.4, 0.5) is 0 Å². The summed E-state index contributed by atoms with van der Waals surface area (Å²) in [7, 11) is 1.59. The van der Waals surface area contributed by atoms with Crippen molar-refractivity contribution in [2.24, 2.45) is 4.99 Å². The SMILES string of the molecule is CCOC(=O)C1=C(C)N=c2s/c(=C/C=C/c3ccc(Br)cc3)c(=O)n2[C@@H]1c1ccc(OC)cc1. The van der Waals surface area contributed by atoms with Crippen molar-refractivity contribution < 1.29 is 14.3 Å². The molecule has 0 unspecified atom stereocenters. The first kappa shape index (κ1) is 23.9. The average Bonchev–Trinajstić information content (AvgIpc) is 3.14. The predicted octanol–water partition coefficient (Wildman–Crippen LogP) is 4.23. The van der Waals surface area contributed by atoms with E-state index in [1.807, 2.05) is 60.7 Å². The number of hydrogen-bond donors (Lipinski definition) is 0. The highest BCUT2D eigenvalue weighted by molar-refractivity contribution is 9.10. The Hall–Kier alpha value is -3.23. The number of methoxy groups -OCH3 is 1. The molecule has 0 aliphatic carbocycles. The molecule has 8 heteroatoms. The summed E-state index contributed by atoms with van der Waals surface area (Å²) in [6.45, 7) is 3.76. The third-order valence-electron chi connectivity index (χ3n) is 5.35. The first-order valence-electron chi connectivity index (χ1n) is 10.7. The molecule has 1 aromatic heterocycles. The lowest BCUT2D eigenvalue weighted by Gasteiger charge is -2.24. The molecule has 0 amide bonds. The number of carbonyl (C=O) groups excluding carboxylic acids is 1. The van der Waals surface area contributed by atoms with Crippen LogP contribution in [0.15, 0.2) is 80.1 Å². The van der Waals surface area contributed by atoms with Crippen molar-refractivity contribution in [1.29, 1.82) is 0 Å². The van der Waals surface area contributed by atoms with E-state index in [9.17, 15) is 9.59 Å². The number of ether oxygens (including phenoxy) is 2. The quantitative estimate of drug-likeness (QED) is 0.440. The van der Waals surface area contributed by atoms with E-state index in [1.54, 1.807) is 31.6 Å². The van der Waals surface area contributed by atoms with E-state index in [1.165, 1.54) is 11.3 Å². The maximum Gasteiger partial charge on any atom is 0.338 e. The van der Waals surface area contributed by atoms with Crippen LogP contribution in [0.2, 0.25) is 0 Å². The van der Waals surface area contributed by atoms with Crippen molar-refractivity contribution in [3.8, 4) is 5.75 Å². The highest BCUT2D eigenvalue weighted by Gasteiger charge is 2.33. The van der Waals surface area contributed by atoms with E-state index >= 15 is 0 Å². The number of rotatable bonds is 6. The van der Waals surface area contributed by atoms with Gasteiger partial charge in [0.25, 0.3) is 5.56 Å². The van der Waals surface area contributed by atoms with Crippen LogP contribution in [0.25, 0.3) is 12.2 Å². The van der Waals surface area contributed by atoms with Gasteiger partial charge in [-0.3, -0.25) is 9.36 Å². The number of halogens is 1. The monoisotopic (exact) mass is 538 g/mol. The second-order valence-corrected chi connectivity index (χ2v) is 9.43. The Kier molecular flexibility index (Phi) is 7.29. The van der Waals surface area contributed by atoms with Gasteiger partial charge in [0.05, 0.1) is 35.6 Å². The van der Waals surface area contributed by atoms with Gasteiger partial charge in [0.2, 0.25) is 0 Å². The van der Waals surface area contributed by atoms with Gasteiger partial charge >= 0.3 is 5.97 Å². The number of aromatic nitrogens is 1. The van der Waals surface area contributed by atoms with Crippen molar-refractivity contribution in [2.45, 2.75) is 19.9 Å². The number of benzene rings is 2. The lowest BCUT2D eigenvalue weighted by molar-refractivity contribution is -0.139. The van der Waals surface area contributed by atoms with Gasteiger partial charge in [-0.15, -0.1) is 0 Å². The fourth-order valence-electron chi connectivity index (χ4n) is 3.73. The van der Waals surface area contributed by atoms with E-state index in [0.29, 0.717) is 26.4 Å². The molecule has 2 heterocycles. The van der Waals surface area contributed by atoms with Crippen LogP contribution >= 0.6 is 27.3 Å². The molecule has 0 N–H and O–H groups in total. The third-order valence-corrected chi connectivity index (χ3v) is 6.88. The van der Waals surface area contributed by atoms with Gasteiger partial charge in [0, 0.05) is 4.47 Å². The molecule has 0 spiro atoms. The molecule has 0 saturated heterocycles. The molecule has 1 atom stereocenters. The lowest BCUT2D eigenvalue weighted by Crippen LogP contribution is -2.39. The number of carbonyl (C=O) groups is 1. The molecule has 4 rings (SSSR count). The second-order valence-electron chi connectivity index (χ2n) is 7.51. The number of fused-ring (bicyclic) bond motifs is 1. The Morgan fingerprint density at radius 3 is 2.53 bits per heavy atom. The molecule has 2 aromatic carbocycles. The number of esters is 1. The summed E-state index contributed by atoms with van der Waals surface area (Å²) in [6.07, 6.45) is 5.55. The van der Waals surface area contributed by atoms with Crippen molar-refractivity contribution in [3.05, 3.63) is 101 Å². The van der Waals surface area contributed by atoms with E-state index < -0.39 is 12.0 Å². The van der Waals surface area contributed by atoms with Crippen molar-refractivity contribution in [3.63, 3.8) is 0 Å². The van der Waals surface area contributed by atoms with Crippen LogP contribution < -0.4 is 19.6 Å². The normalized spacial score (nSPS) is 15.9. The zero-order valence-electron chi connectivity index (χ0n) is 18.9. The number of hydrogen-bond acceptors (Lipinski definition) is 6. The fraction of sp³-hybridized carbons (Fsp3) is 0.192. The molecule has 6 nitrogen and oxygen atoms in total. The Morgan fingerprint density at radius 1 is 1.18 bits per heavy atom. The summed E-state index contributed by atoms with van der Waals surface area (Å²) < 4.78 is 13.7. The molecule has 0 saturated carbocycles. The Labute approximate surface area is 209 Å². The summed E-state index contributed by atoms with van der Waals surface area (Å²) in [4.78, 5) is 31.5. The van der Waals surface area contributed by atoms with Gasteiger partial charge in [-0.1, -0.05) is 63.7 Å². The minimum atomic E-state index is -0.640. The van der Waals surface area contributed by atoms with E-state index in [2.05, 4.69) is 20.9 Å². The molecule has 174 valence electrons. The highest BCUT2D eigenvalue weighted by Crippen LogP contribution is 2.31. The number of nitrogens with zero attached hydrogens (tertiary/aromatic N) is 2. The summed E-state index contributed by atoms with van der Waals surface area (Å²) in [5.41, 5.74) is 2.48. The zero-order chi connectivity index (χ0) is 24.2. The smallest absolute Gasteiger partial charge is 0.338 e. The van der Waals surface area contributed by atoms with Gasteiger partial charge in [0.1, 0.15) is 5.75 Å². The van der Waals surface area contributed by atoms with E-state index in [-0.39, 0.29) is 12.2 Å². The van der Waals surface area contributed by atoms with Crippen molar-refractivity contribution in [2.75, 3.05) is 13.7 Å². The standard InChI is InChI=1S/C26H23BrN2O4S/c1-4-33-25(31)22-16(2)28-26-29(23(22)18-10-14-20(32-3)15-11-18)24(30)21(34-26)7-5-6-17-8-12-19(27)13-9-17/h5-15,23H,4H2,1-3H3/b6-5+,21-7+/t23-/m1/s1. The largest absolute Gasteiger partial charge is 0.497 e. The molecular formula is C26H23BrN2O4S. The van der Waals surface area contributed by atoms with Crippen molar-refractivity contribution in [1.82, 2.24) is 4.57 Å². The Bertz CT molecular complexity index is 1450. The number of thiazole rings is 1. The zero-order valence-corrected chi connectivity index (χ0v) is 21.4. The fourth-order valence-corrected chi connectivity index (χ4v) is 4.99. The minimum absolute atomic E-state index is 0.209. The van der Waals surface area contributed by atoms with Crippen LogP contribution in [-0.2, 0) is 9.53 Å². The van der Waals surface area contributed by atoms with Gasteiger partial charge in [0.15, 0.2) is 4.80 Å². The average molecular weight is 539 g/mol. The minimum Gasteiger partial charge on any atom is -0.497 e. The summed E-state index contributed by atoms with van der Waals surface area (Å²) >= 11 is 4.72. The van der Waals surface area contributed by atoms with Crippen LogP contribution in [0, 0.1) is 0 Å². The molecular weight excluding hydrogens is 516 g/mol. The summed E-state index contributed by atoms with van der Waals surface area (Å²) in [5, 5.41) is 0. The lowest BCUT2D eigenvalue weighted by atomic mass is 9.96. The van der Waals surface area contributed by atoms with E-state index in [4.69, 9.17) is 9.47 Å². The van der Waals surface area contributed by atoms with Gasteiger partial charge < -0.3 is 9.47 Å². The predicted molar refractivity (Wildman–Crippen MR) is 137 cm³/mol. The second kappa shape index (κ2) is 10.4. The first-order valence-corrected chi connectivity index (χ1v) is 12.3. The van der Waals surface area contributed by atoms with Crippen LogP contribution in [0.1, 0.15) is 31.0 Å². The van der Waals surface area contributed by atoms with E-state index in [0.717, 1.165) is 15.6 Å².